The standard InChI is InChI=1S/C22H33N5O4S/c1-16-15-30-14-12-26(16)20-17(22(2,3)32(4,28)29)8-10-23-21(20)25-18-9-11-24-27(18)19-7-5-6-13-31-19/h8-11,16,19H,5-7,12-15H2,1-4H3,(H,23,25)/t16-,19?/m1/s1. The summed E-state index contributed by atoms with van der Waals surface area (Å²) in [5, 5.41) is 7.91. The Hall–Kier alpha value is -2.17. The van der Waals surface area contributed by atoms with Crippen molar-refractivity contribution in [2.24, 2.45) is 0 Å². The molecule has 0 aromatic carbocycles. The van der Waals surface area contributed by atoms with E-state index in [0.29, 0.717) is 31.1 Å². The van der Waals surface area contributed by atoms with E-state index in [1.54, 1.807) is 26.2 Å². The maximum Gasteiger partial charge on any atom is 0.156 e. The number of rotatable bonds is 6. The fraction of sp³-hybridized carbons (Fsp3) is 0.636. The fourth-order valence-electron chi connectivity index (χ4n) is 4.26. The lowest BCUT2D eigenvalue weighted by Gasteiger charge is -2.39. The molecule has 0 aliphatic carbocycles. The van der Waals surface area contributed by atoms with E-state index in [1.807, 2.05) is 16.8 Å². The predicted molar refractivity (Wildman–Crippen MR) is 124 cm³/mol. The van der Waals surface area contributed by atoms with Gasteiger partial charge in [0, 0.05) is 43.3 Å². The van der Waals surface area contributed by atoms with Crippen LogP contribution in [0.25, 0.3) is 0 Å². The van der Waals surface area contributed by atoms with Crippen LogP contribution in [0.4, 0.5) is 17.3 Å². The Morgan fingerprint density at radius 2 is 2.00 bits per heavy atom. The zero-order valence-electron chi connectivity index (χ0n) is 19.2. The van der Waals surface area contributed by atoms with E-state index in [-0.39, 0.29) is 12.3 Å². The highest BCUT2D eigenvalue weighted by Gasteiger charge is 2.38. The van der Waals surface area contributed by atoms with Crippen LogP contribution >= 0.6 is 0 Å². The van der Waals surface area contributed by atoms with E-state index >= 15 is 0 Å². The van der Waals surface area contributed by atoms with Gasteiger partial charge in [-0.25, -0.2) is 18.1 Å². The first-order valence-corrected chi connectivity index (χ1v) is 13.0. The molecule has 0 bridgehead atoms. The fourth-order valence-corrected chi connectivity index (χ4v) is 4.83. The van der Waals surface area contributed by atoms with Crippen LogP contribution in [0.3, 0.4) is 0 Å². The molecule has 2 aliphatic heterocycles. The lowest BCUT2D eigenvalue weighted by Crippen LogP contribution is -2.45. The molecule has 9 nitrogen and oxygen atoms in total. The van der Waals surface area contributed by atoms with Crippen molar-refractivity contribution in [1.29, 1.82) is 0 Å². The summed E-state index contributed by atoms with van der Waals surface area (Å²) >= 11 is 0. The van der Waals surface area contributed by atoms with Gasteiger partial charge in [-0.3, -0.25) is 0 Å². The molecule has 2 fully saturated rings. The number of nitrogens with one attached hydrogen (secondary N) is 1. The smallest absolute Gasteiger partial charge is 0.156 e. The van der Waals surface area contributed by atoms with Crippen molar-refractivity contribution in [3.05, 3.63) is 30.1 Å². The van der Waals surface area contributed by atoms with E-state index < -0.39 is 14.6 Å². The molecule has 4 heterocycles. The Morgan fingerprint density at radius 3 is 2.69 bits per heavy atom. The quantitative estimate of drug-likeness (QED) is 0.697. The number of aromatic nitrogens is 3. The summed E-state index contributed by atoms with van der Waals surface area (Å²) in [5.41, 5.74) is 1.50. The normalized spacial score (nSPS) is 22.7. The lowest BCUT2D eigenvalue weighted by atomic mass is 9.99. The lowest BCUT2D eigenvalue weighted by molar-refractivity contribution is -0.0380. The third kappa shape index (κ3) is 4.35. The molecule has 2 aromatic rings. The summed E-state index contributed by atoms with van der Waals surface area (Å²) in [6.07, 6.45) is 7.61. The molecule has 0 radical (unpaired) electrons. The Kier molecular flexibility index (Phi) is 6.46. The summed E-state index contributed by atoms with van der Waals surface area (Å²) in [6.45, 7) is 8.09. The monoisotopic (exact) mass is 463 g/mol. The number of hydrogen-bond donors (Lipinski definition) is 1. The topological polar surface area (TPSA) is 98.6 Å². The zero-order valence-corrected chi connectivity index (χ0v) is 20.1. The first-order chi connectivity index (χ1) is 15.2. The van der Waals surface area contributed by atoms with Crippen molar-refractivity contribution in [3.63, 3.8) is 0 Å². The molecule has 1 N–H and O–H groups in total. The van der Waals surface area contributed by atoms with Gasteiger partial charge in [0.1, 0.15) is 5.82 Å². The molecule has 0 amide bonds. The SMILES string of the molecule is C[C@@H]1COCCN1c1c(C(C)(C)S(C)(=O)=O)ccnc1Nc1ccnn1C1CCCCO1. The molecule has 2 aromatic heterocycles. The molecule has 1 unspecified atom stereocenters. The number of anilines is 3. The van der Waals surface area contributed by atoms with Crippen LogP contribution in [-0.2, 0) is 24.1 Å². The minimum absolute atomic E-state index is 0.0780. The van der Waals surface area contributed by atoms with Gasteiger partial charge >= 0.3 is 0 Å². The van der Waals surface area contributed by atoms with Gasteiger partial charge in [0.2, 0.25) is 0 Å². The number of pyridine rings is 1. The Balaban J connectivity index is 1.79. The Morgan fingerprint density at radius 1 is 1.19 bits per heavy atom. The van der Waals surface area contributed by atoms with E-state index in [1.165, 1.54) is 6.26 Å². The molecular weight excluding hydrogens is 430 g/mol. The van der Waals surface area contributed by atoms with Gasteiger partial charge in [0.05, 0.1) is 29.8 Å². The van der Waals surface area contributed by atoms with E-state index in [0.717, 1.165) is 37.4 Å². The van der Waals surface area contributed by atoms with E-state index in [9.17, 15) is 8.42 Å². The first kappa shape index (κ1) is 23.0. The second kappa shape index (κ2) is 8.99. The van der Waals surface area contributed by atoms with Gasteiger partial charge in [-0.2, -0.15) is 5.10 Å². The molecular formula is C22H33N5O4S. The van der Waals surface area contributed by atoms with Gasteiger partial charge in [-0.15, -0.1) is 0 Å². The van der Waals surface area contributed by atoms with Gasteiger partial charge in [-0.05, 0) is 46.1 Å². The molecule has 2 aliphatic rings. The minimum Gasteiger partial charge on any atom is -0.377 e. The van der Waals surface area contributed by atoms with Crippen molar-refractivity contribution < 1.29 is 17.9 Å². The second-order valence-electron chi connectivity index (χ2n) is 9.06. The first-order valence-electron chi connectivity index (χ1n) is 11.2. The van der Waals surface area contributed by atoms with Crippen LogP contribution in [-0.4, -0.2) is 61.8 Å². The molecule has 2 saturated heterocycles. The minimum atomic E-state index is -3.39. The van der Waals surface area contributed by atoms with Crippen LogP contribution in [0.1, 0.15) is 51.8 Å². The molecule has 0 saturated carbocycles. The zero-order chi connectivity index (χ0) is 22.9. The highest BCUT2D eigenvalue weighted by Crippen LogP contribution is 2.41. The molecule has 176 valence electrons. The molecule has 4 rings (SSSR count). The number of sulfone groups is 1. The summed E-state index contributed by atoms with van der Waals surface area (Å²) in [6, 6.07) is 3.78. The largest absolute Gasteiger partial charge is 0.377 e. The summed E-state index contributed by atoms with van der Waals surface area (Å²) < 4.78 is 37.8. The number of hydrogen-bond acceptors (Lipinski definition) is 8. The van der Waals surface area contributed by atoms with Crippen molar-refractivity contribution >= 4 is 27.2 Å². The van der Waals surface area contributed by atoms with Crippen LogP contribution in [0.15, 0.2) is 24.5 Å². The predicted octanol–water partition coefficient (Wildman–Crippen LogP) is 3.23. The highest BCUT2D eigenvalue weighted by atomic mass is 32.2. The van der Waals surface area contributed by atoms with Gasteiger partial charge in [-0.1, -0.05) is 0 Å². The average Bonchev–Trinajstić information content (AvgIpc) is 3.22. The number of morpholine rings is 1. The summed E-state index contributed by atoms with van der Waals surface area (Å²) in [4.78, 5) is 6.83. The van der Waals surface area contributed by atoms with Crippen molar-refractivity contribution in [3.8, 4) is 0 Å². The molecule has 2 atom stereocenters. The molecule has 0 spiro atoms. The van der Waals surface area contributed by atoms with Gasteiger partial charge < -0.3 is 19.7 Å². The second-order valence-corrected chi connectivity index (χ2v) is 11.6. The van der Waals surface area contributed by atoms with Crippen molar-refractivity contribution in [2.75, 3.05) is 42.8 Å². The molecule has 10 heteroatoms. The van der Waals surface area contributed by atoms with Gasteiger partial charge in [0.25, 0.3) is 0 Å². The Labute approximate surface area is 190 Å². The van der Waals surface area contributed by atoms with Gasteiger partial charge in [0.15, 0.2) is 21.9 Å². The average molecular weight is 464 g/mol. The molecule has 32 heavy (non-hydrogen) atoms. The number of nitrogens with zero attached hydrogens (tertiary/aromatic N) is 4. The van der Waals surface area contributed by atoms with Crippen LogP contribution < -0.4 is 10.2 Å². The van der Waals surface area contributed by atoms with Crippen molar-refractivity contribution in [1.82, 2.24) is 14.8 Å². The van der Waals surface area contributed by atoms with E-state index in [4.69, 9.17) is 9.47 Å². The van der Waals surface area contributed by atoms with Crippen LogP contribution in [0.5, 0.6) is 0 Å². The third-order valence-corrected chi connectivity index (χ3v) is 8.57. The Bertz CT molecular complexity index is 1050. The maximum absolute atomic E-state index is 12.7. The summed E-state index contributed by atoms with van der Waals surface area (Å²) in [5.74, 6) is 1.37. The highest BCUT2D eigenvalue weighted by molar-refractivity contribution is 7.91. The van der Waals surface area contributed by atoms with Crippen LogP contribution in [0.2, 0.25) is 0 Å². The van der Waals surface area contributed by atoms with Crippen LogP contribution in [0, 0.1) is 0 Å². The maximum atomic E-state index is 12.7. The summed E-state index contributed by atoms with van der Waals surface area (Å²) in [7, 11) is -3.39. The van der Waals surface area contributed by atoms with E-state index in [2.05, 4.69) is 27.2 Å². The number of ether oxygens (including phenoxy) is 2. The van der Waals surface area contributed by atoms with Crippen molar-refractivity contribution in [2.45, 2.75) is 57.1 Å². The third-order valence-electron chi connectivity index (χ3n) is 6.50.